The van der Waals surface area contributed by atoms with E-state index >= 15 is 0 Å². The highest BCUT2D eigenvalue weighted by Gasteiger charge is 2.33. The Morgan fingerprint density at radius 2 is 1.29 bits per heavy atom. The SMILES string of the molecule is COC(=O)N[C@H]1CNC(C(c2ccc(C3CCCCC3)cc2)c2ccc(C3CCCCC3)cc2)C1. The molecule has 0 spiro atoms. The van der Waals surface area contributed by atoms with Gasteiger partial charge >= 0.3 is 6.09 Å². The monoisotopic (exact) mass is 474 g/mol. The lowest BCUT2D eigenvalue weighted by molar-refractivity contribution is 0.167. The maximum Gasteiger partial charge on any atom is 0.407 e. The van der Waals surface area contributed by atoms with Crippen LogP contribution in [0.4, 0.5) is 4.79 Å². The van der Waals surface area contributed by atoms with Gasteiger partial charge in [0.1, 0.15) is 0 Å². The highest BCUT2D eigenvalue weighted by molar-refractivity contribution is 5.67. The molecule has 35 heavy (non-hydrogen) atoms. The fourth-order valence-electron chi connectivity index (χ4n) is 6.84. The first-order chi connectivity index (χ1) is 17.2. The Balaban J connectivity index is 1.38. The molecule has 4 heteroatoms. The van der Waals surface area contributed by atoms with Gasteiger partial charge in [-0.2, -0.15) is 0 Å². The molecule has 1 amide bonds. The van der Waals surface area contributed by atoms with Crippen molar-refractivity contribution < 1.29 is 9.53 Å². The van der Waals surface area contributed by atoms with Crippen LogP contribution in [-0.4, -0.2) is 31.8 Å². The number of rotatable bonds is 6. The minimum absolute atomic E-state index is 0.0953. The smallest absolute Gasteiger partial charge is 0.407 e. The number of hydrogen-bond donors (Lipinski definition) is 2. The third-order valence-electron chi connectivity index (χ3n) is 8.82. The standard InChI is InChI=1S/C31H42N2O2/c1-35-31(34)33-28-20-29(32-21-28)30(26-16-12-24(13-17-26)22-8-4-2-5-9-22)27-18-14-25(15-19-27)23-10-6-3-7-11-23/h12-19,22-23,28-30,32H,2-11,20-21H2,1H3,(H,33,34)/t28-,29?/m1/s1. The molecule has 2 atom stereocenters. The molecule has 3 fully saturated rings. The molecule has 5 rings (SSSR count). The van der Waals surface area contributed by atoms with Crippen molar-refractivity contribution in [3.05, 3.63) is 70.8 Å². The van der Waals surface area contributed by atoms with Crippen molar-refractivity contribution in [1.82, 2.24) is 10.6 Å². The van der Waals surface area contributed by atoms with Crippen LogP contribution in [0.1, 0.15) is 111 Å². The molecule has 2 aromatic rings. The fourth-order valence-corrected chi connectivity index (χ4v) is 6.84. The topological polar surface area (TPSA) is 50.4 Å². The molecule has 1 unspecified atom stereocenters. The first-order valence-corrected chi connectivity index (χ1v) is 14.0. The molecular formula is C31H42N2O2. The van der Waals surface area contributed by atoms with E-state index in [0.29, 0.717) is 0 Å². The molecule has 2 saturated carbocycles. The van der Waals surface area contributed by atoms with Crippen LogP contribution in [0.15, 0.2) is 48.5 Å². The molecule has 0 aromatic heterocycles. The summed E-state index contributed by atoms with van der Waals surface area (Å²) in [6.45, 7) is 0.774. The van der Waals surface area contributed by atoms with E-state index in [4.69, 9.17) is 4.74 Å². The average molecular weight is 475 g/mol. The van der Waals surface area contributed by atoms with E-state index < -0.39 is 0 Å². The van der Waals surface area contributed by atoms with Gasteiger partial charge in [0.05, 0.1) is 7.11 Å². The number of carbonyl (C=O) groups is 1. The summed E-state index contributed by atoms with van der Waals surface area (Å²) >= 11 is 0. The second kappa shape index (κ2) is 11.6. The van der Waals surface area contributed by atoms with Gasteiger partial charge < -0.3 is 15.4 Å². The largest absolute Gasteiger partial charge is 0.453 e. The predicted octanol–water partition coefficient (Wildman–Crippen LogP) is 7.00. The molecule has 0 bridgehead atoms. The Labute approximate surface area is 211 Å². The van der Waals surface area contributed by atoms with Gasteiger partial charge in [-0.25, -0.2) is 4.79 Å². The lowest BCUT2D eigenvalue weighted by Crippen LogP contribution is -2.35. The molecule has 4 nitrogen and oxygen atoms in total. The molecule has 188 valence electrons. The summed E-state index contributed by atoms with van der Waals surface area (Å²) in [7, 11) is 1.43. The molecule has 3 aliphatic rings. The van der Waals surface area contributed by atoms with Gasteiger partial charge in [-0.3, -0.25) is 0 Å². The summed E-state index contributed by atoms with van der Waals surface area (Å²) in [5, 5.41) is 6.72. The quantitative estimate of drug-likeness (QED) is 0.474. The summed E-state index contributed by atoms with van der Waals surface area (Å²) < 4.78 is 4.84. The summed E-state index contributed by atoms with van der Waals surface area (Å²) in [6.07, 6.45) is 14.1. The Kier molecular flexibility index (Phi) is 8.08. The zero-order valence-corrected chi connectivity index (χ0v) is 21.3. The second-order valence-electron chi connectivity index (χ2n) is 11.1. The van der Waals surface area contributed by atoms with Gasteiger partial charge in [-0.1, -0.05) is 87.1 Å². The van der Waals surface area contributed by atoms with Gasteiger partial charge in [0.2, 0.25) is 0 Å². The number of hydrogen-bond acceptors (Lipinski definition) is 3. The van der Waals surface area contributed by atoms with Gasteiger partial charge in [0.25, 0.3) is 0 Å². The lowest BCUT2D eigenvalue weighted by atomic mass is 9.79. The summed E-state index contributed by atoms with van der Waals surface area (Å²) in [5.74, 6) is 1.72. The van der Waals surface area contributed by atoms with Crippen molar-refractivity contribution in [2.24, 2.45) is 0 Å². The van der Waals surface area contributed by atoms with Crippen LogP contribution in [0.2, 0.25) is 0 Å². The lowest BCUT2D eigenvalue weighted by Gasteiger charge is -2.28. The maximum atomic E-state index is 11.8. The molecule has 2 aromatic carbocycles. The van der Waals surface area contributed by atoms with Crippen molar-refractivity contribution in [3.63, 3.8) is 0 Å². The number of carbonyl (C=O) groups excluding carboxylic acids is 1. The molecular weight excluding hydrogens is 432 g/mol. The predicted molar refractivity (Wildman–Crippen MR) is 142 cm³/mol. The molecule has 1 heterocycles. The number of amides is 1. The number of alkyl carbamates (subject to hydrolysis) is 1. The first kappa shape index (κ1) is 24.4. The van der Waals surface area contributed by atoms with Crippen LogP contribution in [0.5, 0.6) is 0 Å². The highest BCUT2D eigenvalue weighted by Crippen LogP contribution is 2.38. The molecule has 2 aliphatic carbocycles. The third-order valence-corrected chi connectivity index (χ3v) is 8.82. The number of benzene rings is 2. The van der Waals surface area contributed by atoms with E-state index in [2.05, 4.69) is 59.2 Å². The van der Waals surface area contributed by atoms with Crippen molar-refractivity contribution >= 4 is 6.09 Å². The summed E-state index contributed by atoms with van der Waals surface area (Å²) in [4.78, 5) is 11.8. The van der Waals surface area contributed by atoms with Crippen molar-refractivity contribution in [2.45, 2.75) is 100 Å². The fraction of sp³-hybridized carbons (Fsp3) is 0.581. The minimum atomic E-state index is -0.345. The maximum absolute atomic E-state index is 11.8. The zero-order valence-electron chi connectivity index (χ0n) is 21.3. The minimum Gasteiger partial charge on any atom is -0.453 e. The Morgan fingerprint density at radius 1 is 0.800 bits per heavy atom. The Hall–Kier alpha value is -2.33. The third kappa shape index (κ3) is 5.91. The van der Waals surface area contributed by atoms with Crippen LogP contribution < -0.4 is 10.6 Å². The van der Waals surface area contributed by atoms with E-state index in [1.54, 1.807) is 0 Å². The van der Waals surface area contributed by atoms with Gasteiger partial charge in [0, 0.05) is 24.5 Å². The molecule has 1 aliphatic heterocycles. The van der Waals surface area contributed by atoms with E-state index in [1.165, 1.54) is 93.6 Å². The molecule has 2 N–H and O–H groups in total. The van der Waals surface area contributed by atoms with E-state index in [9.17, 15) is 4.79 Å². The van der Waals surface area contributed by atoms with Crippen LogP contribution in [0, 0.1) is 0 Å². The van der Waals surface area contributed by atoms with Gasteiger partial charge in [-0.05, 0) is 66.2 Å². The highest BCUT2D eigenvalue weighted by atomic mass is 16.5. The Morgan fingerprint density at radius 3 is 1.74 bits per heavy atom. The van der Waals surface area contributed by atoms with Gasteiger partial charge in [0.15, 0.2) is 0 Å². The van der Waals surface area contributed by atoms with Crippen molar-refractivity contribution in [2.75, 3.05) is 13.7 Å². The van der Waals surface area contributed by atoms with Crippen LogP contribution >= 0.6 is 0 Å². The van der Waals surface area contributed by atoms with Crippen LogP contribution in [0.3, 0.4) is 0 Å². The van der Waals surface area contributed by atoms with Crippen LogP contribution in [0.25, 0.3) is 0 Å². The van der Waals surface area contributed by atoms with Crippen molar-refractivity contribution in [3.8, 4) is 0 Å². The number of methoxy groups -OCH3 is 1. The van der Waals surface area contributed by atoms with E-state index in [0.717, 1.165) is 24.8 Å². The number of ether oxygens (including phenoxy) is 1. The van der Waals surface area contributed by atoms with Gasteiger partial charge in [-0.15, -0.1) is 0 Å². The van der Waals surface area contributed by atoms with E-state index in [1.807, 2.05) is 0 Å². The normalized spacial score (nSPS) is 23.9. The number of nitrogens with one attached hydrogen (secondary N) is 2. The second-order valence-corrected chi connectivity index (χ2v) is 11.1. The molecule has 1 saturated heterocycles. The van der Waals surface area contributed by atoms with Crippen LogP contribution in [-0.2, 0) is 4.74 Å². The molecule has 0 radical (unpaired) electrons. The Bertz CT molecular complexity index is 881. The van der Waals surface area contributed by atoms with E-state index in [-0.39, 0.29) is 24.1 Å². The average Bonchev–Trinajstić information content (AvgIpc) is 3.38. The first-order valence-electron chi connectivity index (χ1n) is 14.0. The van der Waals surface area contributed by atoms with Crippen molar-refractivity contribution in [1.29, 1.82) is 0 Å². The summed E-state index contributed by atoms with van der Waals surface area (Å²) in [5.41, 5.74) is 5.74. The summed E-state index contributed by atoms with van der Waals surface area (Å²) in [6, 6.07) is 19.4. The zero-order chi connectivity index (χ0) is 24.0.